The quantitative estimate of drug-likeness (QED) is 0.621. The second-order valence-corrected chi connectivity index (χ2v) is 6.01. The second kappa shape index (κ2) is 10.4. The van der Waals surface area contributed by atoms with Gasteiger partial charge in [0.15, 0.2) is 0 Å². The van der Waals surface area contributed by atoms with Crippen LogP contribution in [-0.2, 0) is 4.79 Å². The minimum Gasteiger partial charge on any atom is -0.494 e. The monoisotopic (exact) mass is 341 g/mol. The van der Waals surface area contributed by atoms with Crippen LogP contribution < -0.4 is 14.8 Å². The van der Waals surface area contributed by atoms with Gasteiger partial charge in [-0.1, -0.05) is 43.2 Å². The fraction of sp³-hybridized carbons (Fsp3) is 0.381. The molecule has 0 unspecified atom stereocenters. The number of amides is 1. The number of carbonyl (C=O) groups is 1. The predicted octanol–water partition coefficient (Wildman–Crippen LogP) is 4.97. The molecular formula is C21H27NO3. The number of para-hydroxylation sites is 2. The highest BCUT2D eigenvalue weighted by Crippen LogP contribution is 2.24. The van der Waals surface area contributed by atoms with Crippen LogP contribution in [0.25, 0.3) is 0 Å². The summed E-state index contributed by atoms with van der Waals surface area (Å²) in [5.41, 5.74) is 1.93. The van der Waals surface area contributed by atoms with Crippen LogP contribution >= 0.6 is 0 Å². The summed E-state index contributed by atoms with van der Waals surface area (Å²) in [5.74, 6) is 1.53. The Morgan fingerprint density at radius 2 is 1.68 bits per heavy atom. The second-order valence-electron chi connectivity index (χ2n) is 6.01. The van der Waals surface area contributed by atoms with E-state index in [1.165, 1.54) is 5.56 Å². The van der Waals surface area contributed by atoms with Gasteiger partial charge in [0.25, 0.3) is 0 Å². The Kier molecular flexibility index (Phi) is 7.83. The molecule has 0 heterocycles. The van der Waals surface area contributed by atoms with Gasteiger partial charge < -0.3 is 14.8 Å². The van der Waals surface area contributed by atoms with Crippen LogP contribution in [0.2, 0.25) is 0 Å². The molecule has 0 spiro atoms. The average Bonchev–Trinajstić information content (AvgIpc) is 2.62. The highest BCUT2D eigenvalue weighted by Gasteiger charge is 2.07. The molecule has 0 bridgehead atoms. The lowest BCUT2D eigenvalue weighted by atomic mass is 10.2. The molecule has 25 heavy (non-hydrogen) atoms. The number of benzene rings is 2. The first-order valence-electron chi connectivity index (χ1n) is 8.90. The largest absolute Gasteiger partial charge is 0.494 e. The van der Waals surface area contributed by atoms with E-state index in [-0.39, 0.29) is 5.91 Å². The molecule has 0 radical (unpaired) electrons. The summed E-state index contributed by atoms with van der Waals surface area (Å²) < 4.78 is 11.4. The van der Waals surface area contributed by atoms with Gasteiger partial charge in [-0.3, -0.25) is 4.79 Å². The first-order chi connectivity index (χ1) is 12.2. The van der Waals surface area contributed by atoms with E-state index in [4.69, 9.17) is 9.47 Å². The summed E-state index contributed by atoms with van der Waals surface area (Å²) in [7, 11) is 0. The van der Waals surface area contributed by atoms with Crippen LogP contribution in [0.15, 0.2) is 48.5 Å². The molecule has 0 aliphatic rings. The Morgan fingerprint density at radius 3 is 2.44 bits per heavy atom. The van der Waals surface area contributed by atoms with Crippen LogP contribution in [0, 0.1) is 6.92 Å². The molecule has 2 aromatic rings. The highest BCUT2D eigenvalue weighted by molar-refractivity contribution is 5.92. The molecule has 0 fully saturated rings. The lowest BCUT2D eigenvalue weighted by Gasteiger charge is -2.12. The number of hydrogen-bond acceptors (Lipinski definition) is 3. The van der Waals surface area contributed by atoms with E-state index in [9.17, 15) is 4.79 Å². The zero-order valence-corrected chi connectivity index (χ0v) is 15.1. The van der Waals surface area contributed by atoms with Crippen molar-refractivity contribution in [1.29, 1.82) is 0 Å². The van der Waals surface area contributed by atoms with Gasteiger partial charge in [-0.25, -0.2) is 0 Å². The standard InChI is InChI=1S/C21H27NO3/c1-3-4-15-25-20-9-6-5-8-19(20)22-21(23)10-7-16-24-18-13-11-17(2)12-14-18/h5-6,8-9,11-14H,3-4,7,10,15-16H2,1-2H3,(H,22,23). The van der Waals surface area contributed by atoms with Crippen LogP contribution in [0.3, 0.4) is 0 Å². The number of nitrogens with one attached hydrogen (secondary N) is 1. The van der Waals surface area contributed by atoms with E-state index in [0.29, 0.717) is 26.1 Å². The van der Waals surface area contributed by atoms with Crippen molar-refractivity contribution in [2.45, 2.75) is 39.5 Å². The zero-order valence-electron chi connectivity index (χ0n) is 15.1. The number of hydrogen-bond donors (Lipinski definition) is 1. The van der Waals surface area contributed by atoms with Gasteiger partial charge in [0.2, 0.25) is 5.91 Å². The summed E-state index contributed by atoms with van der Waals surface area (Å²) in [4.78, 5) is 12.1. The zero-order chi connectivity index (χ0) is 17.9. The summed E-state index contributed by atoms with van der Waals surface area (Å²) in [6.45, 7) is 5.34. The van der Waals surface area contributed by atoms with Crippen LogP contribution in [0.5, 0.6) is 11.5 Å². The molecule has 134 valence electrons. The summed E-state index contributed by atoms with van der Waals surface area (Å²) in [5, 5.41) is 2.92. The van der Waals surface area contributed by atoms with Gasteiger partial charge >= 0.3 is 0 Å². The number of rotatable bonds is 10. The molecule has 2 aromatic carbocycles. The maximum absolute atomic E-state index is 12.1. The normalized spacial score (nSPS) is 10.3. The number of carbonyl (C=O) groups excluding carboxylic acids is 1. The molecule has 0 aromatic heterocycles. The summed E-state index contributed by atoms with van der Waals surface area (Å²) >= 11 is 0. The SMILES string of the molecule is CCCCOc1ccccc1NC(=O)CCCOc1ccc(C)cc1. The Balaban J connectivity index is 1.73. The molecule has 4 nitrogen and oxygen atoms in total. The number of unbranched alkanes of at least 4 members (excludes halogenated alkanes) is 1. The fourth-order valence-electron chi connectivity index (χ4n) is 2.29. The molecule has 0 saturated carbocycles. The first kappa shape index (κ1) is 18.8. The number of anilines is 1. The third-order valence-electron chi connectivity index (χ3n) is 3.75. The van der Waals surface area contributed by atoms with Gasteiger partial charge in [0, 0.05) is 6.42 Å². The van der Waals surface area contributed by atoms with Crippen molar-refractivity contribution in [3.05, 3.63) is 54.1 Å². The Bertz CT molecular complexity index is 652. The molecule has 1 N–H and O–H groups in total. The van der Waals surface area contributed by atoms with Gasteiger partial charge in [-0.15, -0.1) is 0 Å². The van der Waals surface area contributed by atoms with Gasteiger partial charge in [-0.2, -0.15) is 0 Å². The van der Waals surface area contributed by atoms with Gasteiger partial charge in [-0.05, 0) is 44.0 Å². The van der Waals surface area contributed by atoms with Crippen molar-refractivity contribution in [3.8, 4) is 11.5 Å². The third kappa shape index (κ3) is 6.87. The topological polar surface area (TPSA) is 47.6 Å². The molecule has 0 atom stereocenters. The Morgan fingerprint density at radius 1 is 0.960 bits per heavy atom. The molecule has 1 amide bonds. The van der Waals surface area contributed by atoms with E-state index in [0.717, 1.165) is 30.0 Å². The van der Waals surface area contributed by atoms with Gasteiger partial charge in [0.1, 0.15) is 11.5 Å². The van der Waals surface area contributed by atoms with Gasteiger partial charge in [0.05, 0.1) is 18.9 Å². The van der Waals surface area contributed by atoms with Crippen molar-refractivity contribution < 1.29 is 14.3 Å². The molecule has 0 aliphatic carbocycles. The molecule has 0 saturated heterocycles. The minimum absolute atomic E-state index is 0.0287. The van der Waals surface area contributed by atoms with Crippen LogP contribution in [0.4, 0.5) is 5.69 Å². The van der Waals surface area contributed by atoms with Crippen LogP contribution in [-0.4, -0.2) is 19.1 Å². The Labute approximate surface area is 150 Å². The summed E-state index contributed by atoms with van der Waals surface area (Å²) in [6, 6.07) is 15.5. The lowest BCUT2D eigenvalue weighted by molar-refractivity contribution is -0.116. The van der Waals surface area contributed by atoms with Crippen molar-refractivity contribution >= 4 is 11.6 Å². The van der Waals surface area contributed by atoms with E-state index >= 15 is 0 Å². The molecule has 2 rings (SSSR count). The molecular weight excluding hydrogens is 314 g/mol. The van der Waals surface area contributed by atoms with Crippen LogP contribution in [0.1, 0.15) is 38.2 Å². The summed E-state index contributed by atoms with van der Waals surface area (Å²) in [6.07, 6.45) is 3.15. The van der Waals surface area contributed by atoms with Crippen molar-refractivity contribution in [3.63, 3.8) is 0 Å². The Hall–Kier alpha value is -2.49. The van der Waals surface area contributed by atoms with E-state index in [2.05, 4.69) is 12.2 Å². The minimum atomic E-state index is -0.0287. The van der Waals surface area contributed by atoms with E-state index in [1.54, 1.807) is 0 Å². The van der Waals surface area contributed by atoms with Crippen molar-refractivity contribution in [2.24, 2.45) is 0 Å². The predicted molar refractivity (Wildman–Crippen MR) is 101 cm³/mol. The van der Waals surface area contributed by atoms with E-state index in [1.807, 2.05) is 55.5 Å². The number of ether oxygens (including phenoxy) is 2. The third-order valence-corrected chi connectivity index (χ3v) is 3.75. The smallest absolute Gasteiger partial charge is 0.224 e. The highest BCUT2D eigenvalue weighted by atomic mass is 16.5. The molecule has 4 heteroatoms. The van der Waals surface area contributed by atoms with Crippen molar-refractivity contribution in [2.75, 3.05) is 18.5 Å². The lowest BCUT2D eigenvalue weighted by Crippen LogP contribution is -2.14. The molecule has 0 aliphatic heterocycles. The van der Waals surface area contributed by atoms with E-state index < -0.39 is 0 Å². The maximum atomic E-state index is 12.1. The average molecular weight is 341 g/mol. The first-order valence-corrected chi connectivity index (χ1v) is 8.90. The fourth-order valence-corrected chi connectivity index (χ4v) is 2.29. The van der Waals surface area contributed by atoms with Crippen molar-refractivity contribution in [1.82, 2.24) is 0 Å². The maximum Gasteiger partial charge on any atom is 0.224 e. The number of aryl methyl sites for hydroxylation is 1.